The van der Waals surface area contributed by atoms with Crippen LogP contribution in [0.2, 0.25) is 0 Å². The lowest BCUT2D eigenvalue weighted by Crippen LogP contribution is -2.33. The molecule has 108 valence electrons. The molecule has 0 spiro atoms. The van der Waals surface area contributed by atoms with Crippen LogP contribution in [0.1, 0.15) is 42.3 Å². The van der Waals surface area contributed by atoms with Gasteiger partial charge in [-0.05, 0) is 44.4 Å². The number of nitrogens with one attached hydrogen (secondary N) is 2. The fraction of sp³-hybridized carbons (Fsp3) is 0.467. The highest BCUT2D eigenvalue weighted by atomic mass is 16.6. The van der Waals surface area contributed by atoms with E-state index in [9.17, 15) is 9.59 Å². The Bertz CT molecular complexity index is 532. The molecule has 0 saturated carbocycles. The smallest absolute Gasteiger partial charge is 0.407 e. The fourth-order valence-electron chi connectivity index (χ4n) is 2.04. The van der Waals surface area contributed by atoms with Crippen molar-refractivity contribution < 1.29 is 14.3 Å². The van der Waals surface area contributed by atoms with E-state index in [1.807, 2.05) is 39.0 Å². The third-order valence-corrected chi connectivity index (χ3v) is 2.94. The molecule has 1 aliphatic heterocycles. The second-order valence-corrected chi connectivity index (χ2v) is 5.85. The lowest BCUT2D eigenvalue weighted by atomic mass is 10.0. The van der Waals surface area contributed by atoms with Crippen LogP contribution in [0, 0.1) is 0 Å². The first-order chi connectivity index (χ1) is 9.35. The number of carbonyl (C=O) groups excluding carboxylic acids is 2. The summed E-state index contributed by atoms with van der Waals surface area (Å²) in [6.07, 6.45) is 0.246. The summed E-state index contributed by atoms with van der Waals surface area (Å²) in [6, 6.07) is 5.82. The lowest BCUT2D eigenvalue weighted by molar-refractivity contribution is 0.0528. The minimum Gasteiger partial charge on any atom is -0.444 e. The Hall–Kier alpha value is -2.04. The van der Waals surface area contributed by atoms with E-state index >= 15 is 0 Å². The Balaban J connectivity index is 1.85. The van der Waals surface area contributed by atoms with Crippen molar-refractivity contribution >= 4 is 12.0 Å². The molecule has 0 fully saturated rings. The summed E-state index contributed by atoms with van der Waals surface area (Å²) in [5.41, 5.74) is 2.30. The summed E-state index contributed by atoms with van der Waals surface area (Å²) < 4.78 is 5.15. The zero-order chi connectivity index (χ0) is 14.8. The van der Waals surface area contributed by atoms with E-state index in [-0.39, 0.29) is 5.91 Å². The van der Waals surface area contributed by atoms with E-state index in [1.54, 1.807) is 0 Å². The number of hydrogen-bond donors (Lipinski definition) is 2. The first-order valence-electron chi connectivity index (χ1n) is 6.72. The normalized spacial score (nSPS) is 13.7. The average molecular weight is 276 g/mol. The van der Waals surface area contributed by atoms with Crippen LogP contribution in [0.3, 0.4) is 0 Å². The molecule has 0 saturated heterocycles. The van der Waals surface area contributed by atoms with Gasteiger partial charge in [0.25, 0.3) is 5.91 Å². The van der Waals surface area contributed by atoms with Gasteiger partial charge in [-0.25, -0.2) is 4.79 Å². The monoisotopic (exact) mass is 276 g/mol. The molecule has 2 rings (SSSR count). The third kappa shape index (κ3) is 3.73. The highest BCUT2D eigenvalue weighted by Crippen LogP contribution is 2.17. The van der Waals surface area contributed by atoms with Gasteiger partial charge >= 0.3 is 6.09 Å². The van der Waals surface area contributed by atoms with Gasteiger partial charge in [0.15, 0.2) is 0 Å². The predicted molar refractivity (Wildman–Crippen MR) is 75.6 cm³/mol. The van der Waals surface area contributed by atoms with Crippen molar-refractivity contribution in [2.45, 2.75) is 39.3 Å². The largest absolute Gasteiger partial charge is 0.444 e. The van der Waals surface area contributed by atoms with Gasteiger partial charge in [0.1, 0.15) is 5.60 Å². The first kappa shape index (κ1) is 14.4. The molecule has 0 atom stereocenters. The maximum atomic E-state index is 11.6. The fourth-order valence-corrected chi connectivity index (χ4v) is 2.04. The Morgan fingerprint density at radius 1 is 1.40 bits per heavy atom. The molecular weight excluding hydrogens is 256 g/mol. The highest BCUT2D eigenvalue weighted by Gasteiger charge is 2.19. The SMILES string of the molecule is CC(C)(C)OC(=O)NCCc1ccc2c(c1)C(=O)NC2. The molecule has 5 heteroatoms. The van der Waals surface area contributed by atoms with Crippen molar-refractivity contribution in [3.8, 4) is 0 Å². The number of ether oxygens (including phenoxy) is 1. The summed E-state index contributed by atoms with van der Waals surface area (Å²) in [6.45, 7) is 6.56. The van der Waals surface area contributed by atoms with Gasteiger partial charge in [-0.2, -0.15) is 0 Å². The molecule has 2 amide bonds. The second-order valence-electron chi connectivity index (χ2n) is 5.85. The van der Waals surface area contributed by atoms with Crippen molar-refractivity contribution in [3.63, 3.8) is 0 Å². The molecule has 0 radical (unpaired) electrons. The molecule has 0 aliphatic carbocycles. The number of amides is 2. The van der Waals surface area contributed by atoms with Crippen molar-refractivity contribution in [2.75, 3.05) is 6.54 Å². The van der Waals surface area contributed by atoms with Gasteiger partial charge in [0.05, 0.1) is 0 Å². The second kappa shape index (κ2) is 5.53. The summed E-state index contributed by atoms with van der Waals surface area (Å²) >= 11 is 0. The molecule has 0 unspecified atom stereocenters. The average Bonchev–Trinajstić information content (AvgIpc) is 2.69. The van der Waals surface area contributed by atoms with Crippen LogP contribution in [-0.4, -0.2) is 24.1 Å². The zero-order valence-corrected chi connectivity index (χ0v) is 12.1. The van der Waals surface area contributed by atoms with Crippen molar-refractivity contribution in [2.24, 2.45) is 0 Å². The minimum absolute atomic E-state index is 0.0260. The van der Waals surface area contributed by atoms with Crippen LogP contribution < -0.4 is 10.6 Å². The molecule has 0 aromatic heterocycles. The van der Waals surface area contributed by atoms with Gasteiger partial charge < -0.3 is 15.4 Å². The van der Waals surface area contributed by atoms with Crippen molar-refractivity contribution in [1.29, 1.82) is 0 Å². The van der Waals surface area contributed by atoms with Gasteiger partial charge in [-0.15, -0.1) is 0 Å². The van der Waals surface area contributed by atoms with Gasteiger partial charge in [0.2, 0.25) is 0 Å². The van der Waals surface area contributed by atoms with Crippen LogP contribution in [0.15, 0.2) is 18.2 Å². The Labute approximate surface area is 118 Å². The van der Waals surface area contributed by atoms with E-state index in [1.165, 1.54) is 0 Å². The summed E-state index contributed by atoms with van der Waals surface area (Å²) in [5.74, 6) is -0.0260. The molecular formula is C15H20N2O3. The van der Waals surface area contributed by atoms with Crippen LogP contribution in [-0.2, 0) is 17.7 Å². The van der Waals surface area contributed by atoms with E-state index in [0.29, 0.717) is 19.5 Å². The van der Waals surface area contributed by atoms with E-state index in [4.69, 9.17) is 4.74 Å². The lowest BCUT2D eigenvalue weighted by Gasteiger charge is -2.19. The standard InChI is InChI=1S/C15H20N2O3/c1-15(2,3)20-14(19)16-7-6-10-4-5-11-9-17-13(18)12(11)8-10/h4-5,8H,6-7,9H2,1-3H3,(H,16,19)(H,17,18). The van der Waals surface area contributed by atoms with Crippen LogP contribution >= 0.6 is 0 Å². The number of rotatable bonds is 3. The Kier molecular flexibility index (Phi) is 3.97. The maximum Gasteiger partial charge on any atom is 0.407 e. The highest BCUT2D eigenvalue weighted by molar-refractivity contribution is 5.98. The molecule has 2 N–H and O–H groups in total. The van der Waals surface area contributed by atoms with Gasteiger partial charge in [-0.1, -0.05) is 12.1 Å². The Morgan fingerprint density at radius 3 is 2.85 bits per heavy atom. The number of carbonyl (C=O) groups is 2. The predicted octanol–water partition coefficient (Wildman–Crippen LogP) is 2.00. The maximum absolute atomic E-state index is 11.6. The molecule has 1 aromatic rings. The summed E-state index contributed by atoms with van der Waals surface area (Å²) in [7, 11) is 0. The van der Waals surface area contributed by atoms with Crippen molar-refractivity contribution in [3.05, 3.63) is 34.9 Å². The number of fused-ring (bicyclic) bond motifs is 1. The van der Waals surface area contributed by atoms with Gasteiger partial charge in [0, 0.05) is 18.7 Å². The first-order valence-corrected chi connectivity index (χ1v) is 6.72. The van der Waals surface area contributed by atoms with Crippen molar-refractivity contribution in [1.82, 2.24) is 10.6 Å². The number of alkyl carbamates (subject to hydrolysis) is 1. The van der Waals surface area contributed by atoms with Crippen LogP contribution in [0.25, 0.3) is 0 Å². The van der Waals surface area contributed by atoms with E-state index in [2.05, 4.69) is 10.6 Å². The molecule has 1 aromatic carbocycles. The quantitative estimate of drug-likeness (QED) is 0.887. The minimum atomic E-state index is -0.490. The molecule has 1 aliphatic rings. The Morgan fingerprint density at radius 2 is 2.15 bits per heavy atom. The van der Waals surface area contributed by atoms with E-state index < -0.39 is 11.7 Å². The number of hydrogen-bond acceptors (Lipinski definition) is 3. The molecule has 5 nitrogen and oxygen atoms in total. The van der Waals surface area contributed by atoms with Gasteiger partial charge in [-0.3, -0.25) is 4.79 Å². The summed E-state index contributed by atoms with van der Waals surface area (Å²) in [5, 5.41) is 5.49. The molecule has 0 bridgehead atoms. The molecule has 1 heterocycles. The third-order valence-electron chi connectivity index (χ3n) is 2.94. The van der Waals surface area contributed by atoms with Crippen LogP contribution in [0.4, 0.5) is 4.79 Å². The topological polar surface area (TPSA) is 67.4 Å². The summed E-state index contributed by atoms with van der Waals surface area (Å²) in [4.78, 5) is 23.0. The van der Waals surface area contributed by atoms with E-state index in [0.717, 1.165) is 16.7 Å². The number of benzene rings is 1. The van der Waals surface area contributed by atoms with Crippen LogP contribution in [0.5, 0.6) is 0 Å². The molecule has 20 heavy (non-hydrogen) atoms. The zero-order valence-electron chi connectivity index (χ0n) is 12.1.